The Labute approximate surface area is 131 Å². The molecule has 0 spiro atoms. The maximum absolute atomic E-state index is 12.7. The van der Waals surface area contributed by atoms with Crippen molar-refractivity contribution < 1.29 is 14.3 Å². The third-order valence-electron chi connectivity index (χ3n) is 3.84. The van der Waals surface area contributed by atoms with Crippen LogP contribution < -0.4 is 5.32 Å². The minimum absolute atomic E-state index is 0.0329. The molecular formula is C17H24N2O3. The lowest BCUT2D eigenvalue weighted by molar-refractivity contribution is -0.144. The van der Waals surface area contributed by atoms with Crippen LogP contribution in [0.2, 0.25) is 0 Å². The predicted octanol–water partition coefficient (Wildman–Crippen LogP) is 1.75. The van der Waals surface area contributed by atoms with Gasteiger partial charge in [0.05, 0.1) is 13.2 Å². The van der Waals surface area contributed by atoms with E-state index in [1.54, 1.807) is 4.90 Å². The van der Waals surface area contributed by atoms with Crippen LogP contribution in [0.4, 0.5) is 0 Å². The number of hydrogen-bond donors (Lipinski definition) is 1. The van der Waals surface area contributed by atoms with Gasteiger partial charge in [0.1, 0.15) is 12.1 Å². The fourth-order valence-corrected chi connectivity index (χ4v) is 2.65. The van der Waals surface area contributed by atoms with E-state index in [1.807, 2.05) is 44.2 Å². The zero-order valence-electron chi connectivity index (χ0n) is 13.4. The van der Waals surface area contributed by atoms with Crippen LogP contribution in [0.1, 0.15) is 32.4 Å². The Morgan fingerprint density at radius 2 is 1.95 bits per heavy atom. The van der Waals surface area contributed by atoms with Crippen LogP contribution >= 0.6 is 0 Å². The summed E-state index contributed by atoms with van der Waals surface area (Å²) in [5, 5.41) is 2.76. The molecule has 5 heteroatoms. The predicted molar refractivity (Wildman–Crippen MR) is 84.2 cm³/mol. The topological polar surface area (TPSA) is 58.6 Å². The SMILES string of the molecule is CC(=O)N[C@H](C(=O)N1CCO[C@H](c2ccccc2)C1)C(C)C. The molecule has 1 fully saturated rings. The molecule has 0 aromatic heterocycles. The summed E-state index contributed by atoms with van der Waals surface area (Å²) in [5.74, 6) is -0.163. The van der Waals surface area contributed by atoms with Gasteiger partial charge in [0.2, 0.25) is 11.8 Å². The zero-order valence-corrected chi connectivity index (χ0v) is 13.4. The number of nitrogens with zero attached hydrogens (tertiary/aromatic N) is 1. The Morgan fingerprint density at radius 1 is 1.27 bits per heavy atom. The summed E-state index contributed by atoms with van der Waals surface area (Å²) in [6.45, 7) is 6.91. The standard InChI is InChI=1S/C17H24N2O3/c1-12(2)16(18-13(3)20)17(21)19-9-10-22-15(11-19)14-7-5-4-6-8-14/h4-8,12,15-16H,9-11H2,1-3H3,(H,18,20)/t15-,16-/m0/s1. The van der Waals surface area contributed by atoms with Gasteiger partial charge in [-0.1, -0.05) is 44.2 Å². The van der Waals surface area contributed by atoms with Gasteiger partial charge in [-0.05, 0) is 11.5 Å². The van der Waals surface area contributed by atoms with E-state index in [-0.39, 0.29) is 23.8 Å². The van der Waals surface area contributed by atoms with Crippen molar-refractivity contribution in [3.63, 3.8) is 0 Å². The first-order valence-corrected chi connectivity index (χ1v) is 7.71. The molecule has 0 aliphatic carbocycles. The fourth-order valence-electron chi connectivity index (χ4n) is 2.65. The fraction of sp³-hybridized carbons (Fsp3) is 0.529. The number of rotatable bonds is 4. The van der Waals surface area contributed by atoms with E-state index in [4.69, 9.17) is 4.74 Å². The second-order valence-electron chi connectivity index (χ2n) is 5.98. The molecule has 0 unspecified atom stereocenters. The van der Waals surface area contributed by atoms with E-state index in [0.717, 1.165) is 5.56 Å². The highest BCUT2D eigenvalue weighted by molar-refractivity contribution is 5.87. The molecule has 0 radical (unpaired) electrons. The van der Waals surface area contributed by atoms with E-state index in [9.17, 15) is 9.59 Å². The monoisotopic (exact) mass is 304 g/mol. The Kier molecular flexibility index (Phi) is 5.55. The van der Waals surface area contributed by atoms with Crippen LogP contribution in [-0.4, -0.2) is 42.5 Å². The van der Waals surface area contributed by atoms with E-state index >= 15 is 0 Å². The number of hydrogen-bond acceptors (Lipinski definition) is 3. The van der Waals surface area contributed by atoms with E-state index in [2.05, 4.69) is 5.32 Å². The Morgan fingerprint density at radius 3 is 2.55 bits per heavy atom. The van der Waals surface area contributed by atoms with Gasteiger partial charge in [0.15, 0.2) is 0 Å². The van der Waals surface area contributed by atoms with Gasteiger partial charge in [-0.2, -0.15) is 0 Å². The Hall–Kier alpha value is -1.88. The number of morpholine rings is 1. The number of ether oxygens (including phenoxy) is 1. The molecule has 1 heterocycles. The zero-order chi connectivity index (χ0) is 16.1. The molecule has 2 rings (SSSR count). The van der Waals surface area contributed by atoms with Crippen molar-refractivity contribution in [2.75, 3.05) is 19.7 Å². The molecule has 5 nitrogen and oxygen atoms in total. The summed E-state index contributed by atoms with van der Waals surface area (Å²) in [4.78, 5) is 25.8. The van der Waals surface area contributed by atoms with Gasteiger partial charge in [0.25, 0.3) is 0 Å². The van der Waals surface area contributed by atoms with Crippen LogP contribution in [0.3, 0.4) is 0 Å². The first-order chi connectivity index (χ1) is 10.5. The highest BCUT2D eigenvalue weighted by Crippen LogP contribution is 2.23. The molecule has 0 bridgehead atoms. The van der Waals surface area contributed by atoms with Crippen molar-refractivity contribution in [3.05, 3.63) is 35.9 Å². The summed E-state index contributed by atoms with van der Waals surface area (Å²) in [6.07, 6.45) is -0.107. The molecule has 1 aliphatic heterocycles. The van der Waals surface area contributed by atoms with Crippen molar-refractivity contribution in [2.45, 2.75) is 32.9 Å². The molecule has 1 aromatic carbocycles. The molecule has 22 heavy (non-hydrogen) atoms. The van der Waals surface area contributed by atoms with Crippen LogP contribution in [0.15, 0.2) is 30.3 Å². The van der Waals surface area contributed by atoms with Gasteiger partial charge >= 0.3 is 0 Å². The second kappa shape index (κ2) is 7.40. The number of amides is 2. The van der Waals surface area contributed by atoms with Crippen molar-refractivity contribution in [3.8, 4) is 0 Å². The van der Waals surface area contributed by atoms with Gasteiger partial charge in [-0.3, -0.25) is 9.59 Å². The van der Waals surface area contributed by atoms with E-state index < -0.39 is 6.04 Å². The summed E-state index contributed by atoms with van der Waals surface area (Å²) >= 11 is 0. The molecule has 1 aromatic rings. The molecule has 1 aliphatic rings. The largest absolute Gasteiger partial charge is 0.370 e. The molecule has 0 saturated carbocycles. The summed E-state index contributed by atoms with van der Waals surface area (Å²) in [5.41, 5.74) is 1.07. The average Bonchev–Trinajstić information content (AvgIpc) is 2.52. The van der Waals surface area contributed by atoms with Crippen molar-refractivity contribution in [1.82, 2.24) is 10.2 Å². The van der Waals surface area contributed by atoms with Crippen LogP contribution in [0, 0.1) is 5.92 Å². The number of carbonyl (C=O) groups excluding carboxylic acids is 2. The molecule has 2 amide bonds. The van der Waals surface area contributed by atoms with Gasteiger partial charge in [0, 0.05) is 13.5 Å². The highest BCUT2D eigenvalue weighted by Gasteiger charge is 2.31. The summed E-state index contributed by atoms with van der Waals surface area (Å²) in [6, 6.07) is 9.42. The van der Waals surface area contributed by atoms with Crippen LogP contribution in [0.25, 0.3) is 0 Å². The summed E-state index contributed by atoms with van der Waals surface area (Å²) < 4.78 is 5.78. The van der Waals surface area contributed by atoms with E-state index in [0.29, 0.717) is 19.7 Å². The maximum atomic E-state index is 12.7. The number of carbonyl (C=O) groups is 2. The Balaban J connectivity index is 2.07. The van der Waals surface area contributed by atoms with Gasteiger partial charge < -0.3 is 15.0 Å². The molecule has 1 N–H and O–H groups in total. The molecule has 2 atom stereocenters. The van der Waals surface area contributed by atoms with Crippen molar-refractivity contribution in [1.29, 1.82) is 0 Å². The van der Waals surface area contributed by atoms with E-state index in [1.165, 1.54) is 6.92 Å². The molecule has 120 valence electrons. The molecule has 1 saturated heterocycles. The third kappa shape index (κ3) is 4.07. The summed E-state index contributed by atoms with van der Waals surface area (Å²) in [7, 11) is 0. The smallest absolute Gasteiger partial charge is 0.245 e. The Bertz CT molecular complexity index is 516. The lowest BCUT2D eigenvalue weighted by Gasteiger charge is -2.36. The quantitative estimate of drug-likeness (QED) is 0.922. The normalized spacial score (nSPS) is 19.8. The van der Waals surface area contributed by atoms with Crippen molar-refractivity contribution >= 4 is 11.8 Å². The number of nitrogens with one attached hydrogen (secondary N) is 1. The second-order valence-corrected chi connectivity index (χ2v) is 5.98. The average molecular weight is 304 g/mol. The third-order valence-corrected chi connectivity index (χ3v) is 3.84. The lowest BCUT2D eigenvalue weighted by Crippen LogP contribution is -2.53. The minimum Gasteiger partial charge on any atom is -0.370 e. The van der Waals surface area contributed by atoms with Crippen LogP contribution in [0.5, 0.6) is 0 Å². The molecular weight excluding hydrogens is 280 g/mol. The van der Waals surface area contributed by atoms with Crippen molar-refractivity contribution in [2.24, 2.45) is 5.92 Å². The lowest BCUT2D eigenvalue weighted by atomic mass is 10.0. The first-order valence-electron chi connectivity index (χ1n) is 7.71. The van der Waals surface area contributed by atoms with Gasteiger partial charge in [-0.25, -0.2) is 0 Å². The number of benzene rings is 1. The maximum Gasteiger partial charge on any atom is 0.245 e. The van der Waals surface area contributed by atoms with Gasteiger partial charge in [-0.15, -0.1) is 0 Å². The van der Waals surface area contributed by atoms with Crippen LogP contribution in [-0.2, 0) is 14.3 Å². The first kappa shape index (κ1) is 16.5. The minimum atomic E-state index is -0.480. The highest BCUT2D eigenvalue weighted by atomic mass is 16.5.